The monoisotopic (exact) mass is 266 g/mol. The molecule has 0 saturated carbocycles. The Morgan fingerprint density at radius 3 is 2.92 bits per heavy atom. The van der Waals surface area contributed by atoms with Crippen molar-refractivity contribution in [1.29, 1.82) is 0 Å². The van der Waals surface area contributed by atoms with Gasteiger partial charge in [0, 0.05) is 6.07 Å². The van der Waals surface area contributed by atoms with Crippen molar-refractivity contribution in [1.82, 2.24) is 0 Å². The summed E-state index contributed by atoms with van der Waals surface area (Å²) >= 11 is 8.66. The average molecular weight is 267 g/mol. The van der Waals surface area contributed by atoms with Gasteiger partial charge in [-0.25, -0.2) is 4.39 Å². The van der Waals surface area contributed by atoms with E-state index in [1.54, 1.807) is 0 Å². The number of ether oxygens (including phenoxy) is 1. The molecule has 1 aromatic carbocycles. The minimum absolute atomic E-state index is 0.138. The Morgan fingerprint density at radius 1 is 1.62 bits per heavy atom. The number of hydrogen-bond donors (Lipinski definition) is 0. The average Bonchev–Trinajstić information content (AvgIpc) is 2.09. The van der Waals surface area contributed by atoms with E-state index in [4.69, 9.17) is 16.3 Å². The third kappa shape index (κ3) is 2.67. The SMILES string of the molecule is O=CCOc1cc(F)c(Br)cc1Cl. The molecule has 0 heterocycles. The van der Waals surface area contributed by atoms with Crippen LogP contribution in [0.25, 0.3) is 0 Å². The van der Waals surface area contributed by atoms with E-state index in [1.165, 1.54) is 6.07 Å². The fourth-order valence-electron chi connectivity index (χ4n) is 0.739. The maximum absolute atomic E-state index is 12.9. The Labute approximate surface area is 87.8 Å². The number of carbonyl (C=O) groups is 1. The lowest BCUT2D eigenvalue weighted by molar-refractivity contribution is -0.109. The second-order valence-corrected chi connectivity index (χ2v) is 3.44. The first-order valence-corrected chi connectivity index (χ1v) is 4.53. The molecule has 0 aromatic heterocycles. The molecule has 0 aliphatic heterocycles. The molecule has 2 nitrogen and oxygen atoms in total. The van der Waals surface area contributed by atoms with Gasteiger partial charge in [0.15, 0.2) is 6.29 Å². The lowest BCUT2D eigenvalue weighted by Crippen LogP contribution is -1.98. The van der Waals surface area contributed by atoms with Crippen LogP contribution in [0.1, 0.15) is 0 Å². The van der Waals surface area contributed by atoms with Crippen LogP contribution in [0, 0.1) is 5.82 Å². The van der Waals surface area contributed by atoms with Crippen LogP contribution in [0.3, 0.4) is 0 Å². The van der Waals surface area contributed by atoms with Gasteiger partial charge in [-0.3, -0.25) is 4.79 Å². The minimum Gasteiger partial charge on any atom is -0.484 e. The van der Waals surface area contributed by atoms with Gasteiger partial charge in [0.25, 0.3) is 0 Å². The predicted molar refractivity (Wildman–Crippen MR) is 50.7 cm³/mol. The van der Waals surface area contributed by atoms with Gasteiger partial charge in [0.1, 0.15) is 18.2 Å². The van der Waals surface area contributed by atoms with Crippen LogP contribution >= 0.6 is 27.5 Å². The molecule has 0 bridgehead atoms. The maximum Gasteiger partial charge on any atom is 0.157 e. The Balaban J connectivity index is 2.94. The number of halogens is 3. The molecule has 0 N–H and O–H groups in total. The first-order valence-electron chi connectivity index (χ1n) is 3.36. The smallest absolute Gasteiger partial charge is 0.157 e. The van der Waals surface area contributed by atoms with E-state index in [2.05, 4.69) is 15.9 Å². The third-order valence-corrected chi connectivity index (χ3v) is 2.18. The summed E-state index contributed by atoms with van der Waals surface area (Å²) < 4.78 is 18.0. The van der Waals surface area contributed by atoms with E-state index in [9.17, 15) is 9.18 Å². The molecule has 0 fully saturated rings. The molecule has 5 heteroatoms. The molecular weight excluding hydrogens is 262 g/mol. The molecule has 0 radical (unpaired) electrons. The highest BCUT2D eigenvalue weighted by molar-refractivity contribution is 9.10. The first kappa shape index (κ1) is 10.5. The van der Waals surface area contributed by atoms with Crippen LogP contribution in [0.5, 0.6) is 5.75 Å². The Hall–Kier alpha value is -0.610. The Morgan fingerprint density at radius 2 is 2.31 bits per heavy atom. The number of carbonyl (C=O) groups excluding carboxylic acids is 1. The summed E-state index contributed by atoms with van der Waals surface area (Å²) in [4.78, 5) is 9.97. The summed E-state index contributed by atoms with van der Waals surface area (Å²) in [7, 11) is 0. The molecule has 0 aliphatic carbocycles. The summed E-state index contributed by atoms with van der Waals surface area (Å²) in [6.07, 6.45) is 0.566. The summed E-state index contributed by atoms with van der Waals surface area (Å²) in [6, 6.07) is 2.49. The van der Waals surface area contributed by atoms with Gasteiger partial charge in [0.2, 0.25) is 0 Å². The van der Waals surface area contributed by atoms with Gasteiger partial charge in [-0.1, -0.05) is 11.6 Å². The van der Waals surface area contributed by atoms with Crippen LogP contribution in [0.4, 0.5) is 4.39 Å². The van der Waals surface area contributed by atoms with E-state index >= 15 is 0 Å². The summed E-state index contributed by atoms with van der Waals surface area (Å²) in [5, 5.41) is 0.259. The fourth-order valence-corrected chi connectivity index (χ4v) is 1.43. The van der Waals surface area contributed by atoms with Crippen molar-refractivity contribution < 1.29 is 13.9 Å². The number of rotatable bonds is 3. The molecule has 0 unspecified atom stereocenters. The predicted octanol–water partition coefficient (Wildman–Crippen LogP) is 2.82. The molecule has 0 aliphatic rings. The van der Waals surface area contributed by atoms with Crippen molar-refractivity contribution in [2.75, 3.05) is 6.61 Å². The standard InChI is InChI=1S/C8H5BrClFO2/c9-5-3-6(10)8(4-7(5)11)13-2-1-12/h1,3-4H,2H2. The summed E-state index contributed by atoms with van der Waals surface area (Å²) in [6.45, 7) is -0.138. The topological polar surface area (TPSA) is 26.3 Å². The highest BCUT2D eigenvalue weighted by Gasteiger charge is 2.07. The molecule has 0 spiro atoms. The molecule has 1 aromatic rings. The quantitative estimate of drug-likeness (QED) is 0.622. The van der Waals surface area contributed by atoms with Crippen molar-refractivity contribution >= 4 is 33.8 Å². The van der Waals surface area contributed by atoms with Gasteiger partial charge in [0.05, 0.1) is 9.50 Å². The van der Waals surface area contributed by atoms with Gasteiger partial charge >= 0.3 is 0 Å². The van der Waals surface area contributed by atoms with Crippen LogP contribution < -0.4 is 4.74 Å². The zero-order valence-electron chi connectivity index (χ0n) is 6.39. The zero-order valence-corrected chi connectivity index (χ0v) is 8.73. The molecule has 1 rings (SSSR count). The number of hydrogen-bond acceptors (Lipinski definition) is 2. The second kappa shape index (κ2) is 4.58. The van der Waals surface area contributed by atoms with Gasteiger partial charge < -0.3 is 4.74 Å². The van der Waals surface area contributed by atoms with E-state index in [0.717, 1.165) is 6.07 Å². The maximum atomic E-state index is 12.9. The van der Waals surface area contributed by atoms with Crippen molar-refractivity contribution in [2.45, 2.75) is 0 Å². The van der Waals surface area contributed by atoms with Gasteiger partial charge in [-0.15, -0.1) is 0 Å². The normalized spacial score (nSPS) is 9.77. The van der Waals surface area contributed by atoms with Gasteiger partial charge in [-0.05, 0) is 22.0 Å². The highest BCUT2D eigenvalue weighted by Crippen LogP contribution is 2.30. The third-order valence-electron chi connectivity index (χ3n) is 1.28. The van der Waals surface area contributed by atoms with Crippen molar-refractivity contribution in [3.05, 3.63) is 27.4 Å². The van der Waals surface area contributed by atoms with Crippen LogP contribution in [-0.2, 0) is 4.79 Å². The lowest BCUT2D eigenvalue weighted by Gasteiger charge is -2.05. The van der Waals surface area contributed by atoms with Crippen LogP contribution in [0.15, 0.2) is 16.6 Å². The Bertz CT molecular complexity index is 330. The zero-order chi connectivity index (χ0) is 9.84. The summed E-state index contributed by atoms with van der Waals surface area (Å²) in [5.74, 6) is -0.320. The van der Waals surface area contributed by atoms with Crippen molar-refractivity contribution in [3.8, 4) is 5.75 Å². The number of benzene rings is 1. The van der Waals surface area contributed by atoms with Crippen molar-refractivity contribution in [2.24, 2.45) is 0 Å². The molecule has 0 amide bonds. The largest absolute Gasteiger partial charge is 0.484 e. The highest BCUT2D eigenvalue weighted by atomic mass is 79.9. The van der Waals surface area contributed by atoms with E-state index in [1.807, 2.05) is 0 Å². The van der Waals surface area contributed by atoms with E-state index < -0.39 is 5.82 Å². The molecule has 13 heavy (non-hydrogen) atoms. The Kier molecular flexibility index (Phi) is 3.69. The molecule has 70 valence electrons. The molecule has 0 saturated heterocycles. The number of aldehydes is 1. The fraction of sp³-hybridized carbons (Fsp3) is 0.125. The van der Waals surface area contributed by atoms with E-state index in [-0.39, 0.29) is 21.9 Å². The van der Waals surface area contributed by atoms with Crippen LogP contribution in [-0.4, -0.2) is 12.9 Å². The van der Waals surface area contributed by atoms with Crippen LogP contribution in [0.2, 0.25) is 5.02 Å². The van der Waals surface area contributed by atoms with E-state index in [0.29, 0.717) is 6.29 Å². The lowest BCUT2D eigenvalue weighted by atomic mass is 10.3. The molecule has 0 atom stereocenters. The van der Waals surface area contributed by atoms with Gasteiger partial charge in [-0.2, -0.15) is 0 Å². The summed E-state index contributed by atoms with van der Waals surface area (Å²) in [5.41, 5.74) is 0. The minimum atomic E-state index is -0.481. The molecular formula is C8H5BrClFO2. The second-order valence-electron chi connectivity index (χ2n) is 2.17. The van der Waals surface area contributed by atoms with Crippen molar-refractivity contribution in [3.63, 3.8) is 0 Å². The first-order chi connectivity index (χ1) is 6.15.